The minimum Gasteiger partial charge on any atom is -0.467 e. The summed E-state index contributed by atoms with van der Waals surface area (Å²) >= 11 is 6.21. The monoisotopic (exact) mass is 535 g/mol. The molecule has 3 heterocycles. The second-order valence-corrected chi connectivity index (χ2v) is 8.39. The average molecular weight is 536 g/mol. The van der Waals surface area contributed by atoms with E-state index in [0.717, 1.165) is 10.7 Å². The predicted octanol–water partition coefficient (Wildman–Crippen LogP) is 4.44. The summed E-state index contributed by atoms with van der Waals surface area (Å²) in [7, 11) is 0. The van der Waals surface area contributed by atoms with E-state index >= 15 is 0 Å². The van der Waals surface area contributed by atoms with Gasteiger partial charge in [0.25, 0.3) is 11.8 Å². The molecule has 0 atom stereocenters. The highest BCUT2D eigenvalue weighted by Crippen LogP contribution is 2.30. The van der Waals surface area contributed by atoms with Crippen molar-refractivity contribution in [1.29, 1.82) is 0 Å². The molecule has 0 spiro atoms. The van der Waals surface area contributed by atoms with Crippen molar-refractivity contribution in [1.82, 2.24) is 30.3 Å². The van der Waals surface area contributed by atoms with Gasteiger partial charge in [-0.05, 0) is 37.1 Å². The van der Waals surface area contributed by atoms with E-state index in [0.29, 0.717) is 29.4 Å². The molecule has 3 N–H and O–H groups in total. The molecule has 0 radical (unpaired) electrons. The molecule has 0 saturated heterocycles. The lowest BCUT2D eigenvalue weighted by molar-refractivity contribution is -0.154. The van der Waals surface area contributed by atoms with E-state index < -0.39 is 30.5 Å². The highest BCUT2D eigenvalue weighted by Gasteiger charge is 2.30. The van der Waals surface area contributed by atoms with Crippen LogP contribution in [0, 0.1) is 6.92 Å². The molecule has 0 aliphatic heterocycles. The van der Waals surface area contributed by atoms with Crippen molar-refractivity contribution in [3.05, 3.63) is 58.5 Å². The largest absolute Gasteiger partial charge is 0.467 e. The number of carbonyl (C=O) groups excluding carboxylic acids is 2. The third-order valence-electron chi connectivity index (χ3n) is 5.18. The Balaban J connectivity index is 1.77. The second kappa shape index (κ2) is 10.5. The summed E-state index contributed by atoms with van der Waals surface area (Å²) in [6, 6.07) is 5.79. The number of nitrogens with one attached hydrogen (secondary N) is 3. The first-order chi connectivity index (χ1) is 17.6. The second-order valence-electron chi connectivity index (χ2n) is 7.98. The maximum Gasteiger partial charge on any atom is 0.422 e. The number of rotatable bonds is 8. The fourth-order valence-corrected chi connectivity index (χ4v) is 3.77. The highest BCUT2D eigenvalue weighted by atomic mass is 35.5. The summed E-state index contributed by atoms with van der Waals surface area (Å²) in [6.07, 6.45) is -0.997. The van der Waals surface area contributed by atoms with Crippen LogP contribution in [0.4, 0.5) is 18.9 Å². The normalized spacial score (nSPS) is 11.5. The van der Waals surface area contributed by atoms with Crippen LogP contribution in [0.3, 0.4) is 0 Å². The van der Waals surface area contributed by atoms with Gasteiger partial charge in [0, 0.05) is 24.2 Å². The number of alkyl halides is 3. The number of aromatic amines is 1. The molecule has 0 bridgehead atoms. The molecule has 0 unspecified atom stereocenters. The molecular weight excluding hydrogens is 515 g/mol. The van der Waals surface area contributed by atoms with Crippen molar-refractivity contribution in [2.24, 2.45) is 0 Å². The zero-order valence-corrected chi connectivity index (χ0v) is 20.4. The van der Waals surface area contributed by atoms with E-state index in [-0.39, 0.29) is 27.8 Å². The molecule has 4 rings (SSSR count). The van der Waals surface area contributed by atoms with Crippen LogP contribution in [0.15, 0.2) is 36.7 Å². The number of benzene rings is 1. The van der Waals surface area contributed by atoms with Gasteiger partial charge in [0.1, 0.15) is 5.69 Å². The maximum absolute atomic E-state index is 13.5. The number of halogens is 4. The molecule has 37 heavy (non-hydrogen) atoms. The molecule has 0 fully saturated rings. The smallest absolute Gasteiger partial charge is 0.422 e. The Labute approximate surface area is 213 Å². The van der Waals surface area contributed by atoms with Crippen LogP contribution in [-0.4, -0.2) is 56.1 Å². The maximum atomic E-state index is 13.5. The third-order valence-corrected chi connectivity index (χ3v) is 5.47. The number of hydrogen-bond donors (Lipinski definition) is 3. The molecule has 0 saturated carbocycles. The van der Waals surface area contributed by atoms with Crippen molar-refractivity contribution >= 4 is 40.0 Å². The van der Waals surface area contributed by atoms with E-state index in [1.165, 1.54) is 12.3 Å². The summed E-state index contributed by atoms with van der Waals surface area (Å²) in [5.41, 5.74) is 1.09. The van der Waals surface area contributed by atoms with E-state index in [1.807, 2.05) is 6.92 Å². The summed E-state index contributed by atoms with van der Waals surface area (Å²) in [5, 5.41) is 16.9. The van der Waals surface area contributed by atoms with Crippen molar-refractivity contribution < 1.29 is 27.5 Å². The zero-order chi connectivity index (χ0) is 26.7. The number of ether oxygens (including phenoxy) is 1. The van der Waals surface area contributed by atoms with Gasteiger partial charge in [0.2, 0.25) is 5.88 Å². The van der Waals surface area contributed by atoms with E-state index in [9.17, 15) is 22.8 Å². The molecule has 1 aromatic carbocycles. The summed E-state index contributed by atoms with van der Waals surface area (Å²) in [6.45, 7) is 2.38. The van der Waals surface area contributed by atoms with Crippen LogP contribution < -0.4 is 15.4 Å². The van der Waals surface area contributed by atoms with Crippen molar-refractivity contribution in [3.8, 4) is 11.7 Å². The fourth-order valence-electron chi connectivity index (χ4n) is 3.57. The number of fused-ring (bicyclic) bond motifs is 1. The number of nitrogens with zero attached hydrogens (tertiary/aromatic N) is 4. The minimum atomic E-state index is -4.62. The predicted molar refractivity (Wildman–Crippen MR) is 129 cm³/mol. The Morgan fingerprint density at radius 2 is 2.03 bits per heavy atom. The van der Waals surface area contributed by atoms with Gasteiger partial charge in [-0.15, -0.1) is 5.10 Å². The zero-order valence-electron chi connectivity index (χ0n) is 19.6. The number of anilines is 1. The van der Waals surface area contributed by atoms with Gasteiger partial charge in [-0.25, -0.2) is 9.67 Å². The van der Waals surface area contributed by atoms with Gasteiger partial charge in [-0.2, -0.15) is 18.3 Å². The van der Waals surface area contributed by atoms with Crippen LogP contribution in [0.25, 0.3) is 16.7 Å². The third kappa shape index (κ3) is 5.66. The van der Waals surface area contributed by atoms with Crippen LogP contribution in [0.2, 0.25) is 5.02 Å². The van der Waals surface area contributed by atoms with Gasteiger partial charge < -0.3 is 15.4 Å². The van der Waals surface area contributed by atoms with Crippen LogP contribution in [-0.2, 0) is 0 Å². The summed E-state index contributed by atoms with van der Waals surface area (Å²) in [5.74, 6) is -1.70. The van der Waals surface area contributed by atoms with Gasteiger partial charge in [-0.3, -0.25) is 14.7 Å². The van der Waals surface area contributed by atoms with Crippen LogP contribution in [0.5, 0.6) is 5.88 Å². The lowest BCUT2D eigenvalue weighted by Crippen LogP contribution is -2.27. The van der Waals surface area contributed by atoms with Crippen LogP contribution >= 0.6 is 11.6 Å². The first kappa shape index (κ1) is 25.9. The lowest BCUT2D eigenvalue weighted by Gasteiger charge is -2.15. The topological polar surface area (TPSA) is 127 Å². The Hall–Kier alpha value is -4.13. The molecular formula is C23H21ClF3N7O3. The van der Waals surface area contributed by atoms with Gasteiger partial charge >= 0.3 is 6.18 Å². The number of aromatic nitrogens is 5. The highest BCUT2D eigenvalue weighted by molar-refractivity contribution is 6.32. The Kier molecular flexibility index (Phi) is 7.34. The standard InChI is InChI=1S/C23H21ClF3N7O3/c1-3-6-29-22(36)17-18(12(2)8-13-10-30-32-19(13)17)31-21(35)15-9-16(37-11-23(25,26)27)33-34(15)20-14(24)5-4-7-28-20/h4-5,7-10H,3,6,11H2,1-2H3,(H,29,36)(H,30,32)(H,31,35). The number of hydrogen-bond acceptors (Lipinski definition) is 6. The SMILES string of the molecule is CCCNC(=O)c1c(NC(=O)c2cc(OCC(F)(F)F)nn2-c2ncccc2Cl)c(C)cc2cn[nH]c12. The Bertz CT molecular complexity index is 1470. The Morgan fingerprint density at radius 3 is 2.73 bits per heavy atom. The molecule has 4 aromatic rings. The molecule has 2 amide bonds. The molecule has 14 heteroatoms. The number of carbonyl (C=O) groups is 2. The molecule has 10 nitrogen and oxygen atoms in total. The summed E-state index contributed by atoms with van der Waals surface area (Å²) < 4.78 is 43.9. The van der Waals surface area contributed by atoms with E-state index in [2.05, 4.69) is 30.9 Å². The van der Waals surface area contributed by atoms with Crippen molar-refractivity contribution in [2.75, 3.05) is 18.5 Å². The summed E-state index contributed by atoms with van der Waals surface area (Å²) in [4.78, 5) is 30.6. The fraction of sp³-hybridized carbons (Fsp3) is 0.261. The van der Waals surface area contributed by atoms with Gasteiger partial charge in [0.15, 0.2) is 12.4 Å². The quantitative estimate of drug-likeness (QED) is 0.306. The van der Waals surface area contributed by atoms with Crippen molar-refractivity contribution in [3.63, 3.8) is 0 Å². The average Bonchev–Trinajstić information content (AvgIpc) is 3.48. The minimum absolute atomic E-state index is 0.00201. The molecule has 3 aromatic heterocycles. The first-order valence-electron chi connectivity index (χ1n) is 11.1. The lowest BCUT2D eigenvalue weighted by atomic mass is 10.0. The van der Waals surface area contributed by atoms with Gasteiger partial charge in [0.05, 0.1) is 28.0 Å². The first-order valence-corrected chi connectivity index (χ1v) is 11.4. The number of H-pyrrole nitrogens is 1. The van der Waals surface area contributed by atoms with E-state index in [1.54, 1.807) is 25.3 Å². The molecule has 194 valence electrons. The Morgan fingerprint density at radius 1 is 1.24 bits per heavy atom. The van der Waals surface area contributed by atoms with Crippen molar-refractivity contribution in [2.45, 2.75) is 26.4 Å². The molecule has 0 aliphatic rings. The molecule has 0 aliphatic carbocycles. The number of aryl methyl sites for hydroxylation is 1. The van der Waals surface area contributed by atoms with Crippen LogP contribution in [0.1, 0.15) is 39.8 Å². The number of amides is 2. The van der Waals surface area contributed by atoms with Gasteiger partial charge in [-0.1, -0.05) is 18.5 Å². The number of pyridine rings is 1. The van der Waals surface area contributed by atoms with E-state index in [4.69, 9.17) is 16.3 Å².